The lowest BCUT2D eigenvalue weighted by Gasteiger charge is -2.28. The number of esters is 1. The van der Waals surface area contributed by atoms with E-state index in [0.29, 0.717) is 47.8 Å². The van der Waals surface area contributed by atoms with Crippen LogP contribution in [-0.4, -0.2) is 52.8 Å². The molecule has 1 fully saturated rings. The fourth-order valence-electron chi connectivity index (χ4n) is 3.08. The van der Waals surface area contributed by atoms with Crippen molar-refractivity contribution in [2.45, 2.75) is 27.2 Å². The lowest BCUT2D eigenvalue weighted by atomic mass is 10.2. The Morgan fingerprint density at radius 2 is 1.96 bits per heavy atom. The van der Waals surface area contributed by atoms with Gasteiger partial charge in [-0.3, -0.25) is 4.79 Å². The third kappa shape index (κ3) is 3.83. The zero-order chi connectivity index (χ0) is 20.3. The second kappa shape index (κ2) is 8.12. The Labute approximate surface area is 162 Å². The molecule has 0 radical (unpaired) electrons. The third-order valence-electron chi connectivity index (χ3n) is 4.37. The first-order valence-corrected chi connectivity index (χ1v) is 9.02. The quantitative estimate of drug-likeness (QED) is 0.810. The van der Waals surface area contributed by atoms with Crippen molar-refractivity contribution in [2.75, 3.05) is 25.0 Å². The molecule has 1 aliphatic heterocycles. The van der Waals surface area contributed by atoms with Gasteiger partial charge in [-0.25, -0.2) is 19.6 Å². The van der Waals surface area contributed by atoms with Crippen molar-refractivity contribution in [1.29, 1.82) is 0 Å². The van der Waals surface area contributed by atoms with Crippen LogP contribution in [0.5, 0.6) is 0 Å². The molecular formula is C19H22N4O5. The number of hydrogen-bond acceptors (Lipinski definition) is 6. The number of carbonyl (C=O) groups is 3. The third-order valence-corrected chi connectivity index (χ3v) is 4.37. The van der Waals surface area contributed by atoms with Gasteiger partial charge in [-0.05, 0) is 45.4 Å². The predicted octanol–water partition coefficient (Wildman–Crippen LogP) is 2.76. The van der Waals surface area contributed by atoms with Gasteiger partial charge < -0.3 is 14.6 Å². The molecule has 1 N–H and O–H groups in total. The average Bonchev–Trinajstić information content (AvgIpc) is 3.28. The first kappa shape index (κ1) is 19.4. The Bertz CT molecular complexity index is 888. The highest BCUT2D eigenvalue weighted by Gasteiger charge is 2.34. The summed E-state index contributed by atoms with van der Waals surface area (Å²) in [6.07, 6.45) is 0.658. The van der Waals surface area contributed by atoms with Gasteiger partial charge in [0.25, 0.3) is 5.91 Å². The van der Waals surface area contributed by atoms with Crippen LogP contribution in [0.2, 0.25) is 0 Å². The summed E-state index contributed by atoms with van der Waals surface area (Å²) in [6.45, 7) is 6.15. The zero-order valence-electron chi connectivity index (χ0n) is 16.0. The normalized spacial score (nSPS) is 13.5. The van der Waals surface area contributed by atoms with Gasteiger partial charge in [-0.1, -0.05) is 11.2 Å². The lowest BCUT2D eigenvalue weighted by Crippen LogP contribution is -2.47. The number of aryl methyl sites for hydroxylation is 2. The van der Waals surface area contributed by atoms with Gasteiger partial charge >= 0.3 is 12.0 Å². The molecule has 1 saturated heterocycles. The molecule has 3 amide bonds. The zero-order valence-corrected chi connectivity index (χ0v) is 16.0. The van der Waals surface area contributed by atoms with Crippen molar-refractivity contribution in [2.24, 2.45) is 0 Å². The van der Waals surface area contributed by atoms with E-state index in [1.165, 1.54) is 16.1 Å². The Hall–Kier alpha value is -3.36. The van der Waals surface area contributed by atoms with Crippen LogP contribution in [0, 0.1) is 13.8 Å². The largest absolute Gasteiger partial charge is 0.462 e. The predicted molar refractivity (Wildman–Crippen MR) is 99.8 cm³/mol. The van der Waals surface area contributed by atoms with E-state index in [4.69, 9.17) is 9.26 Å². The maximum atomic E-state index is 12.9. The number of hydrogen-bond donors (Lipinski definition) is 1. The first-order valence-electron chi connectivity index (χ1n) is 9.02. The molecule has 1 aromatic heterocycles. The highest BCUT2D eigenvalue weighted by molar-refractivity contribution is 5.99. The Balaban J connectivity index is 1.74. The molecular weight excluding hydrogens is 364 g/mol. The molecule has 0 spiro atoms. The second-order valence-corrected chi connectivity index (χ2v) is 6.34. The summed E-state index contributed by atoms with van der Waals surface area (Å²) in [5.41, 5.74) is 1.62. The van der Waals surface area contributed by atoms with Gasteiger partial charge in [0.15, 0.2) is 0 Å². The van der Waals surface area contributed by atoms with E-state index in [2.05, 4.69) is 10.5 Å². The number of anilines is 1. The smallest absolute Gasteiger partial charge is 0.340 e. The van der Waals surface area contributed by atoms with Gasteiger partial charge in [0.1, 0.15) is 11.3 Å². The molecule has 0 bridgehead atoms. The monoisotopic (exact) mass is 386 g/mol. The Kier molecular flexibility index (Phi) is 5.62. The van der Waals surface area contributed by atoms with E-state index in [9.17, 15) is 14.4 Å². The minimum absolute atomic E-state index is 0.266. The molecule has 0 unspecified atom stereocenters. The fourth-order valence-corrected chi connectivity index (χ4v) is 3.08. The summed E-state index contributed by atoms with van der Waals surface area (Å²) in [5.74, 6) is -0.379. The number of carbonyl (C=O) groups excluding carboxylic acids is 3. The molecule has 9 nitrogen and oxygen atoms in total. The molecule has 0 atom stereocenters. The molecule has 2 aromatic rings. The summed E-state index contributed by atoms with van der Waals surface area (Å²) in [7, 11) is 0. The highest BCUT2D eigenvalue weighted by Crippen LogP contribution is 2.21. The van der Waals surface area contributed by atoms with Crippen LogP contribution in [0.25, 0.3) is 0 Å². The summed E-state index contributed by atoms with van der Waals surface area (Å²) < 4.78 is 10.0. The highest BCUT2D eigenvalue weighted by atomic mass is 16.5. The molecule has 28 heavy (non-hydrogen) atoms. The maximum absolute atomic E-state index is 12.9. The van der Waals surface area contributed by atoms with Crippen molar-refractivity contribution >= 4 is 23.6 Å². The van der Waals surface area contributed by atoms with Crippen LogP contribution in [0.15, 0.2) is 28.8 Å². The van der Waals surface area contributed by atoms with E-state index in [0.717, 1.165) is 0 Å². The Morgan fingerprint density at radius 3 is 2.64 bits per heavy atom. The Morgan fingerprint density at radius 1 is 1.21 bits per heavy atom. The van der Waals surface area contributed by atoms with Crippen molar-refractivity contribution < 1.29 is 23.6 Å². The van der Waals surface area contributed by atoms with Crippen LogP contribution in [-0.2, 0) is 4.74 Å². The number of amides is 3. The van der Waals surface area contributed by atoms with Gasteiger partial charge in [0.2, 0.25) is 0 Å². The number of rotatable bonds is 4. The number of benzene rings is 1. The standard InChI is InChI=1S/C19H22N4O5/c1-4-27-18(25)14-7-5-8-15(11-14)20-19(26)23-10-6-9-22(23)17(24)16-12(2)21-28-13(16)3/h5,7-8,11H,4,6,9-10H2,1-3H3,(H,20,26). The number of nitrogens with one attached hydrogen (secondary N) is 1. The van der Waals surface area contributed by atoms with Gasteiger partial charge in [-0.2, -0.15) is 0 Å². The molecule has 0 aliphatic carbocycles. The number of aromatic nitrogens is 1. The van der Waals surface area contributed by atoms with Crippen molar-refractivity contribution in [3.05, 3.63) is 46.8 Å². The molecule has 1 aliphatic rings. The molecule has 0 saturated carbocycles. The van der Waals surface area contributed by atoms with Gasteiger partial charge in [0.05, 0.1) is 17.9 Å². The van der Waals surface area contributed by atoms with Crippen LogP contribution in [0.1, 0.15) is 45.5 Å². The fraction of sp³-hybridized carbons (Fsp3) is 0.368. The van der Waals surface area contributed by atoms with Crippen molar-refractivity contribution in [3.63, 3.8) is 0 Å². The van der Waals surface area contributed by atoms with Crippen LogP contribution in [0.4, 0.5) is 10.5 Å². The average molecular weight is 386 g/mol. The summed E-state index contributed by atoms with van der Waals surface area (Å²) >= 11 is 0. The van der Waals surface area contributed by atoms with Crippen LogP contribution >= 0.6 is 0 Å². The second-order valence-electron chi connectivity index (χ2n) is 6.34. The van der Waals surface area contributed by atoms with Crippen molar-refractivity contribution in [1.82, 2.24) is 15.2 Å². The van der Waals surface area contributed by atoms with E-state index >= 15 is 0 Å². The molecule has 2 heterocycles. The number of hydrazine groups is 1. The number of nitrogens with zero attached hydrogens (tertiary/aromatic N) is 3. The summed E-state index contributed by atoms with van der Waals surface area (Å²) in [5, 5.41) is 9.27. The summed E-state index contributed by atoms with van der Waals surface area (Å²) in [6, 6.07) is 6.00. The first-order chi connectivity index (χ1) is 13.4. The SMILES string of the molecule is CCOC(=O)c1cccc(NC(=O)N2CCCN2C(=O)c2c(C)noc2C)c1. The molecule has 9 heteroatoms. The van der Waals surface area contributed by atoms with Crippen molar-refractivity contribution in [3.8, 4) is 0 Å². The topological polar surface area (TPSA) is 105 Å². The van der Waals surface area contributed by atoms with Crippen LogP contribution < -0.4 is 5.32 Å². The molecule has 148 valence electrons. The van der Waals surface area contributed by atoms with E-state index in [-0.39, 0.29) is 12.5 Å². The number of ether oxygens (including phenoxy) is 1. The molecule has 3 rings (SSSR count). The number of urea groups is 1. The van der Waals surface area contributed by atoms with Gasteiger partial charge in [-0.15, -0.1) is 0 Å². The van der Waals surface area contributed by atoms with E-state index < -0.39 is 12.0 Å². The maximum Gasteiger partial charge on any atom is 0.340 e. The van der Waals surface area contributed by atoms with E-state index in [1.54, 1.807) is 39.0 Å². The minimum atomic E-state index is -0.463. The lowest BCUT2D eigenvalue weighted by molar-refractivity contribution is 0.0402. The molecule has 1 aromatic carbocycles. The van der Waals surface area contributed by atoms with E-state index in [1.807, 2.05) is 0 Å². The minimum Gasteiger partial charge on any atom is -0.462 e. The van der Waals surface area contributed by atoms with Gasteiger partial charge in [0, 0.05) is 18.8 Å². The summed E-state index contributed by atoms with van der Waals surface area (Å²) in [4.78, 5) is 37.5. The van der Waals surface area contributed by atoms with Crippen LogP contribution in [0.3, 0.4) is 0 Å².